The first-order valence-corrected chi connectivity index (χ1v) is 10.6. The summed E-state index contributed by atoms with van der Waals surface area (Å²) in [4.78, 5) is 19.7. The Hall–Kier alpha value is -3.51. The molecule has 0 radical (unpaired) electrons. The Labute approximate surface area is 177 Å². The van der Waals surface area contributed by atoms with Crippen molar-refractivity contribution in [3.05, 3.63) is 99.5 Å². The predicted octanol–water partition coefficient (Wildman–Crippen LogP) is 4.98. The fraction of sp³-hybridized carbons (Fsp3) is 0.125. The minimum absolute atomic E-state index is 0.00618. The summed E-state index contributed by atoms with van der Waals surface area (Å²) in [7, 11) is 0. The lowest BCUT2D eigenvalue weighted by molar-refractivity contribution is 0.749. The van der Waals surface area contributed by atoms with E-state index in [1.807, 2.05) is 85.4 Å². The Morgan fingerprint density at radius 1 is 0.967 bits per heavy atom. The van der Waals surface area contributed by atoms with Crippen LogP contribution in [0, 0.1) is 13.8 Å². The van der Waals surface area contributed by atoms with Crippen LogP contribution in [0.15, 0.2) is 78.0 Å². The summed E-state index contributed by atoms with van der Waals surface area (Å²) in [6.45, 7) is 4.43. The van der Waals surface area contributed by atoms with Crippen LogP contribution in [0.4, 0.5) is 0 Å². The van der Waals surface area contributed by atoms with Gasteiger partial charge in [-0.05, 0) is 31.5 Å². The number of nitrogens with zero attached hydrogens (tertiary/aromatic N) is 4. The lowest BCUT2D eigenvalue weighted by Crippen LogP contribution is -2.21. The third-order valence-corrected chi connectivity index (χ3v) is 6.47. The Kier molecular flexibility index (Phi) is 4.56. The van der Waals surface area contributed by atoms with Gasteiger partial charge in [-0.15, -0.1) is 11.3 Å². The molecule has 3 aromatic heterocycles. The van der Waals surface area contributed by atoms with Crippen LogP contribution in [0.3, 0.4) is 0 Å². The molecule has 0 spiro atoms. The predicted molar refractivity (Wildman–Crippen MR) is 121 cm³/mol. The van der Waals surface area contributed by atoms with Crippen molar-refractivity contribution in [3.63, 3.8) is 0 Å². The Morgan fingerprint density at radius 2 is 1.67 bits per heavy atom. The maximum absolute atomic E-state index is 13.2. The van der Waals surface area contributed by atoms with Gasteiger partial charge < -0.3 is 0 Å². The maximum atomic E-state index is 13.2. The average Bonchev–Trinajstić information content (AvgIpc) is 3.33. The molecule has 5 rings (SSSR count). The zero-order chi connectivity index (χ0) is 20.7. The maximum Gasteiger partial charge on any atom is 0.262 e. The summed E-state index contributed by atoms with van der Waals surface area (Å²) < 4.78 is 3.55. The van der Waals surface area contributed by atoms with Crippen molar-refractivity contribution >= 4 is 21.6 Å². The van der Waals surface area contributed by atoms with Gasteiger partial charge in [0.25, 0.3) is 5.56 Å². The molecule has 0 unspecified atom stereocenters. The van der Waals surface area contributed by atoms with Crippen molar-refractivity contribution < 1.29 is 0 Å². The second kappa shape index (κ2) is 7.39. The van der Waals surface area contributed by atoms with Crippen LogP contribution in [-0.4, -0.2) is 19.3 Å². The van der Waals surface area contributed by atoms with E-state index in [1.54, 1.807) is 22.2 Å². The quantitative estimate of drug-likeness (QED) is 0.418. The van der Waals surface area contributed by atoms with Crippen LogP contribution in [-0.2, 0) is 6.54 Å². The third-order valence-electron chi connectivity index (χ3n) is 5.35. The molecule has 0 saturated heterocycles. The summed E-state index contributed by atoms with van der Waals surface area (Å²) in [5.41, 5.74) is 4.85. The molecule has 3 heterocycles. The number of aryl methyl sites for hydroxylation is 2. The van der Waals surface area contributed by atoms with E-state index >= 15 is 0 Å². The number of hydrogen-bond donors (Lipinski definition) is 0. The van der Waals surface area contributed by atoms with Gasteiger partial charge in [-0.3, -0.25) is 9.36 Å². The molecule has 0 bridgehead atoms. The molecule has 148 valence electrons. The highest BCUT2D eigenvalue weighted by molar-refractivity contribution is 7.18. The highest BCUT2D eigenvalue weighted by Gasteiger charge is 2.16. The monoisotopic (exact) mass is 412 g/mol. The van der Waals surface area contributed by atoms with E-state index in [4.69, 9.17) is 5.10 Å². The van der Waals surface area contributed by atoms with E-state index < -0.39 is 0 Å². The SMILES string of the molecule is Cc1sc2ncn(Cc3cn(-c4ccccc4)nc3-c3ccccc3)c(=O)c2c1C. The zero-order valence-corrected chi connectivity index (χ0v) is 17.6. The minimum atomic E-state index is -0.00618. The minimum Gasteiger partial charge on any atom is -0.294 e. The number of aromatic nitrogens is 4. The summed E-state index contributed by atoms with van der Waals surface area (Å²) in [5, 5.41) is 5.56. The van der Waals surface area contributed by atoms with Gasteiger partial charge >= 0.3 is 0 Å². The molecule has 2 aromatic carbocycles. The molecule has 0 N–H and O–H groups in total. The average molecular weight is 413 g/mol. The summed E-state index contributed by atoms with van der Waals surface area (Å²) >= 11 is 1.57. The highest BCUT2D eigenvalue weighted by atomic mass is 32.1. The van der Waals surface area contributed by atoms with Crippen LogP contribution in [0.25, 0.3) is 27.2 Å². The normalized spacial score (nSPS) is 11.3. The number of hydrogen-bond acceptors (Lipinski definition) is 4. The second-order valence-electron chi connectivity index (χ2n) is 7.29. The first-order chi connectivity index (χ1) is 14.6. The number of thiophene rings is 1. The van der Waals surface area contributed by atoms with Gasteiger partial charge in [-0.1, -0.05) is 48.5 Å². The van der Waals surface area contributed by atoms with Crippen molar-refractivity contribution in [3.8, 4) is 16.9 Å². The topological polar surface area (TPSA) is 52.7 Å². The van der Waals surface area contributed by atoms with Crippen LogP contribution in [0.2, 0.25) is 0 Å². The molecule has 30 heavy (non-hydrogen) atoms. The van der Waals surface area contributed by atoms with Gasteiger partial charge in [-0.2, -0.15) is 5.10 Å². The van der Waals surface area contributed by atoms with E-state index in [-0.39, 0.29) is 5.56 Å². The van der Waals surface area contributed by atoms with Crippen molar-refractivity contribution in [2.75, 3.05) is 0 Å². The standard InChI is InChI=1S/C24H20N4OS/c1-16-17(2)30-23-21(16)24(29)27(15-25-23)13-19-14-28(20-11-7-4-8-12-20)26-22(19)18-9-5-3-6-10-18/h3-12,14-15H,13H2,1-2H3. The zero-order valence-electron chi connectivity index (χ0n) is 16.7. The van der Waals surface area contributed by atoms with E-state index in [2.05, 4.69) is 4.98 Å². The van der Waals surface area contributed by atoms with Crippen molar-refractivity contribution in [2.45, 2.75) is 20.4 Å². The molecule has 0 aliphatic heterocycles. The molecule has 5 aromatic rings. The van der Waals surface area contributed by atoms with Crippen LogP contribution >= 0.6 is 11.3 Å². The fourth-order valence-electron chi connectivity index (χ4n) is 3.64. The molecule has 0 fully saturated rings. The molecule has 0 amide bonds. The van der Waals surface area contributed by atoms with Crippen LogP contribution in [0.5, 0.6) is 0 Å². The van der Waals surface area contributed by atoms with Crippen LogP contribution < -0.4 is 5.56 Å². The van der Waals surface area contributed by atoms with Crippen LogP contribution in [0.1, 0.15) is 16.0 Å². The highest BCUT2D eigenvalue weighted by Crippen LogP contribution is 2.27. The summed E-state index contributed by atoms with van der Waals surface area (Å²) in [6, 6.07) is 20.1. The Morgan fingerprint density at radius 3 is 2.40 bits per heavy atom. The lowest BCUT2D eigenvalue weighted by atomic mass is 10.1. The smallest absolute Gasteiger partial charge is 0.262 e. The molecule has 0 aliphatic rings. The molecule has 0 saturated carbocycles. The molecular formula is C24H20N4OS. The molecule has 6 heteroatoms. The van der Waals surface area contributed by atoms with Gasteiger partial charge in [0.1, 0.15) is 4.83 Å². The molecule has 0 aliphatic carbocycles. The number of fused-ring (bicyclic) bond motifs is 1. The molecule has 0 atom stereocenters. The first kappa shape index (κ1) is 18.5. The van der Waals surface area contributed by atoms with Gasteiger partial charge in [0.2, 0.25) is 0 Å². The van der Waals surface area contributed by atoms with Gasteiger partial charge in [-0.25, -0.2) is 9.67 Å². The number of benzene rings is 2. The third kappa shape index (κ3) is 3.15. The number of para-hydroxylation sites is 1. The van der Waals surface area contributed by atoms with E-state index in [0.29, 0.717) is 6.54 Å². The summed E-state index contributed by atoms with van der Waals surface area (Å²) in [5.74, 6) is 0. The van der Waals surface area contributed by atoms with Crippen molar-refractivity contribution in [1.82, 2.24) is 19.3 Å². The second-order valence-corrected chi connectivity index (χ2v) is 8.49. The molecule has 5 nitrogen and oxygen atoms in total. The first-order valence-electron chi connectivity index (χ1n) is 9.76. The van der Waals surface area contributed by atoms with E-state index in [0.717, 1.165) is 43.2 Å². The lowest BCUT2D eigenvalue weighted by Gasteiger charge is -2.06. The number of rotatable bonds is 4. The fourth-order valence-corrected chi connectivity index (χ4v) is 4.63. The Balaban J connectivity index is 1.64. The van der Waals surface area contributed by atoms with Crippen molar-refractivity contribution in [1.29, 1.82) is 0 Å². The van der Waals surface area contributed by atoms with Gasteiger partial charge in [0, 0.05) is 22.2 Å². The van der Waals surface area contributed by atoms with Gasteiger partial charge in [0.05, 0.1) is 29.6 Å². The van der Waals surface area contributed by atoms with Gasteiger partial charge in [0.15, 0.2) is 0 Å². The van der Waals surface area contributed by atoms with E-state index in [9.17, 15) is 4.79 Å². The van der Waals surface area contributed by atoms with E-state index in [1.165, 1.54) is 0 Å². The molecular weight excluding hydrogens is 392 g/mol. The Bertz CT molecular complexity index is 1400. The summed E-state index contributed by atoms with van der Waals surface area (Å²) in [6.07, 6.45) is 3.65. The van der Waals surface area contributed by atoms with Crippen molar-refractivity contribution in [2.24, 2.45) is 0 Å². The largest absolute Gasteiger partial charge is 0.294 e.